The van der Waals surface area contributed by atoms with Gasteiger partial charge in [-0.3, -0.25) is 19.5 Å². The minimum atomic E-state index is 0.853. The molecule has 0 saturated carbocycles. The van der Waals surface area contributed by atoms with Crippen LogP contribution in [0.3, 0.4) is 0 Å². The zero-order chi connectivity index (χ0) is 18.1. The fourth-order valence-electron chi connectivity index (χ4n) is 4.81. The topological polar surface area (TPSA) is 37.2 Å². The molecule has 0 spiro atoms. The number of rotatable bonds is 4. The molecule has 2 saturated heterocycles. The molecule has 2 aliphatic heterocycles. The van der Waals surface area contributed by atoms with E-state index in [4.69, 9.17) is 0 Å². The van der Waals surface area contributed by atoms with Crippen LogP contribution in [-0.4, -0.2) is 50.7 Å². The third-order valence-corrected chi connectivity index (χ3v) is 6.45. The van der Waals surface area contributed by atoms with Gasteiger partial charge in [-0.25, -0.2) is 0 Å². The summed E-state index contributed by atoms with van der Waals surface area (Å²) in [5, 5.41) is 4.59. The Bertz CT molecular complexity index is 722. The van der Waals surface area contributed by atoms with E-state index < -0.39 is 0 Å². The van der Waals surface area contributed by atoms with Crippen molar-refractivity contribution in [1.29, 1.82) is 0 Å². The highest BCUT2D eigenvalue weighted by atomic mass is 15.3. The Morgan fingerprint density at radius 1 is 1.04 bits per heavy atom. The van der Waals surface area contributed by atoms with Crippen LogP contribution in [-0.2, 0) is 20.1 Å². The lowest BCUT2D eigenvalue weighted by atomic mass is 9.92. The molecule has 140 valence electrons. The van der Waals surface area contributed by atoms with Crippen LogP contribution < -0.4 is 0 Å². The summed E-state index contributed by atoms with van der Waals surface area (Å²) in [7, 11) is 2.05. The standard InChI is InChI=1S/C21H31N5/c1-16-21(17(2)24(3)23-16)15-26-13-19-6-9-25(10-7-20(19)14-26)12-18-5-4-8-22-11-18/h4-5,8,11,19-20H,6-7,9-10,12-15H2,1-3H3/t19-,20+. The van der Waals surface area contributed by atoms with Crippen LogP contribution in [0.4, 0.5) is 0 Å². The van der Waals surface area contributed by atoms with Gasteiger partial charge in [-0.2, -0.15) is 5.10 Å². The van der Waals surface area contributed by atoms with Crippen molar-refractivity contribution in [2.75, 3.05) is 26.2 Å². The van der Waals surface area contributed by atoms with Crippen LogP contribution >= 0.6 is 0 Å². The second-order valence-electron chi connectivity index (χ2n) is 8.20. The second-order valence-corrected chi connectivity index (χ2v) is 8.20. The Hall–Kier alpha value is -1.72. The van der Waals surface area contributed by atoms with Gasteiger partial charge in [0, 0.05) is 56.9 Å². The van der Waals surface area contributed by atoms with E-state index in [0.29, 0.717) is 0 Å². The monoisotopic (exact) mass is 353 g/mol. The molecule has 4 rings (SSSR count). The lowest BCUT2D eigenvalue weighted by Gasteiger charge is -2.22. The summed E-state index contributed by atoms with van der Waals surface area (Å²) in [5.74, 6) is 1.71. The predicted molar refractivity (Wildman–Crippen MR) is 104 cm³/mol. The summed E-state index contributed by atoms with van der Waals surface area (Å²) < 4.78 is 2.02. The highest BCUT2D eigenvalue weighted by Gasteiger charge is 2.35. The number of pyridine rings is 1. The van der Waals surface area contributed by atoms with Gasteiger partial charge in [0.15, 0.2) is 0 Å². The highest BCUT2D eigenvalue weighted by molar-refractivity contribution is 5.24. The molecule has 0 aliphatic carbocycles. The van der Waals surface area contributed by atoms with Crippen molar-refractivity contribution in [3.8, 4) is 0 Å². The number of fused-ring (bicyclic) bond motifs is 1. The van der Waals surface area contributed by atoms with E-state index in [1.54, 1.807) is 0 Å². The number of likely N-dealkylation sites (tertiary alicyclic amines) is 2. The van der Waals surface area contributed by atoms with Crippen molar-refractivity contribution in [2.24, 2.45) is 18.9 Å². The fourth-order valence-corrected chi connectivity index (χ4v) is 4.81. The average Bonchev–Trinajstić information content (AvgIpc) is 3.06. The molecule has 2 aromatic rings. The van der Waals surface area contributed by atoms with Gasteiger partial charge in [-0.15, -0.1) is 0 Å². The van der Waals surface area contributed by atoms with Gasteiger partial charge < -0.3 is 0 Å². The van der Waals surface area contributed by atoms with E-state index in [1.807, 2.05) is 23.1 Å². The van der Waals surface area contributed by atoms with Crippen LogP contribution in [0, 0.1) is 25.7 Å². The molecule has 5 heteroatoms. The van der Waals surface area contributed by atoms with Gasteiger partial charge in [0.2, 0.25) is 0 Å². The van der Waals surface area contributed by atoms with Crippen molar-refractivity contribution in [3.05, 3.63) is 47.0 Å². The summed E-state index contributed by atoms with van der Waals surface area (Å²) >= 11 is 0. The molecule has 2 aliphatic rings. The summed E-state index contributed by atoms with van der Waals surface area (Å²) in [4.78, 5) is 9.55. The fraction of sp³-hybridized carbons (Fsp3) is 0.619. The summed E-state index contributed by atoms with van der Waals surface area (Å²) in [5.41, 5.74) is 5.28. The van der Waals surface area contributed by atoms with Crippen LogP contribution in [0.5, 0.6) is 0 Å². The van der Waals surface area contributed by atoms with Gasteiger partial charge in [-0.1, -0.05) is 6.07 Å². The lowest BCUT2D eigenvalue weighted by molar-refractivity contribution is 0.248. The maximum atomic E-state index is 4.59. The second kappa shape index (κ2) is 7.49. The summed E-state index contributed by atoms with van der Waals surface area (Å²) in [6.45, 7) is 11.4. The first-order valence-electron chi connectivity index (χ1n) is 9.93. The van der Waals surface area contributed by atoms with Crippen LogP contribution in [0.2, 0.25) is 0 Å². The molecular weight excluding hydrogens is 322 g/mol. The minimum absolute atomic E-state index is 0.853. The molecule has 0 unspecified atom stereocenters. The molecule has 0 amide bonds. The van der Waals surface area contributed by atoms with E-state index in [9.17, 15) is 0 Å². The zero-order valence-electron chi connectivity index (χ0n) is 16.4. The summed E-state index contributed by atoms with van der Waals surface area (Å²) in [6, 6.07) is 4.24. The van der Waals surface area contributed by atoms with Gasteiger partial charge in [-0.05, 0) is 63.2 Å². The molecule has 0 radical (unpaired) electrons. The third-order valence-electron chi connectivity index (χ3n) is 6.45. The Labute approximate surface area is 157 Å². The molecule has 0 N–H and O–H groups in total. The van der Waals surface area contributed by atoms with Crippen molar-refractivity contribution in [3.63, 3.8) is 0 Å². The van der Waals surface area contributed by atoms with Crippen molar-refractivity contribution >= 4 is 0 Å². The van der Waals surface area contributed by atoms with E-state index >= 15 is 0 Å². The molecule has 4 heterocycles. The van der Waals surface area contributed by atoms with Crippen molar-refractivity contribution < 1.29 is 0 Å². The predicted octanol–water partition coefficient (Wildman–Crippen LogP) is 2.78. The Kier molecular flexibility index (Phi) is 5.09. The normalized spacial score (nSPS) is 24.6. The quantitative estimate of drug-likeness (QED) is 0.847. The van der Waals surface area contributed by atoms with E-state index in [2.05, 4.69) is 46.8 Å². The maximum absolute atomic E-state index is 4.59. The number of nitrogens with zero attached hydrogens (tertiary/aromatic N) is 5. The minimum Gasteiger partial charge on any atom is -0.299 e. The molecule has 5 nitrogen and oxygen atoms in total. The zero-order valence-corrected chi connectivity index (χ0v) is 16.4. The number of aryl methyl sites for hydroxylation is 2. The number of aromatic nitrogens is 3. The maximum Gasteiger partial charge on any atom is 0.0641 e. The Balaban J connectivity index is 1.34. The molecule has 2 atom stereocenters. The van der Waals surface area contributed by atoms with E-state index in [1.165, 1.54) is 61.5 Å². The van der Waals surface area contributed by atoms with Gasteiger partial charge in [0.1, 0.15) is 0 Å². The molecule has 0 bridgehead atoms. The smallest absolute Gasteiger partial charge is 0.0641 e. The first kappa shape index (κ1) is 17.7. The Morgan fingerprint density at radius 2 is 1.77 bits per heavy atom. The third kappa shape index (κ3) is 3.69. The molecule has 2 aromatic heterocycles. The van der Waals surface area contributed by atoms with Gasteiger partial charge in [0.05, 0.1) is 5.69 Å². The molecule has 0 aromatic carbocycles. The van der Waals surface area contributed by atoms with Crippen LogP contribution in [0.1, 0.15) is 35.4 Å². The molecule has 26 heavy (non-hydrogen) atoms. The van der Waals surface area contributed by atoms with Crippen LogP contribution in [0.15, 0.2) is 24.5 Å². The van der Waals surface area contributed by atoms with Gasteiger partial charge >= 0.3 is 0 Å². The van der Waals surface area contributed by atoms with Crippen molar-refractivity contribution in [2.45, 2.75) is 39.8 Å². The van der Waals surface area contributed by atoms with E-state index in [-0.39, 0.29) is 0 Å². The largest absolute Gasteiger partial charge is 0.299 e. The molecule has 2 fully saturated rings. The Morgan fingerprint density at radius 3 is 2.35 bits per heavy atom. The number of hydrogen-bond acceptors (Lipinski definition) is 4. The number of hydrogen-bond donors (Lipinski definition) is 0. The lowest BCUT2D eigenvalue weighted by Crippen LogP contribution is -2.27. The first-order chi connectivity index (χ1) is 12.6. The first-order valence-corrected chi connectivity index (χ1v) is 9.93. The van der Waals surface area contributed by atoms with E-state index in [0.717, 1.165) is 24.9 Å². The highest BCUT2D eigenvalue weighted by Crippen LogP contribution is 2.33. The molecular formula is C21H31N5. The van der Waals surface area contributed by atoms with Gasteiger partial charge in [0.25, 0.3) is 0 Å². The van der Waals surface area contributed by atoms with Crippen LogP contribution in [0.25, 0.3) is 0 Å². The average molecular weight is 354 g/mol. The summed E-state index contributed by atoms with van der Waals surface area (Å²) in [6.07, 6.45) is 6.52. The van der Waals surface area contributed by atoms with Crippen molar-refractivity contribution in [1.82, 2.24) is 24.6 Å². The SMILES string of the molecule is Cc1nn(C)c(C)c1CN1C[C@H]2CCN(Cc3cccnc3)CC[C@H]2C1.